The van der Waals surface area contributed by atoms with E-state index in [2.05, 4.69) is 65.1 Å². The summed E-state index contributed by atoms with van der Waals surface area (Å²) in [6.07, 6.45) is 6.83. The number of carbonyl (C=O) groups excluding carboxylic acids is 3. The topological polar surface area (TPSA) is 130 Å². The molecule has 0 heterocycles. The van der Waals surface area contributed by atoms with Crippen molar-refractivity contribution in [2.45, 2.75) is 63.9 Å². The highest BCUT2D eigenvalue weighted by atomic mass is 16.6. The van der Waals surface area contributed by atoms with Crippen molar-refractivity contribution in [2.75, 3.05) is 6.61 Å². The van der Waals surface area contributed by atoms with Crippen LogP contribution in [-0.2, 0) is 23.9 Å². The molecule has 4 rings (SSSR count). The molecule has 8 heteroatoms. The second-order valence-corrected chi connectivity index (χ2v) is 11.7. The second kappa shape index (κ2) is 11.2. The molecule has 4 aliphatic carbocycles. The Hall–Kier alpha value is -4.67. The number of terminal acetylenes is 1. The van der Waals surface area contributed by atoms with Crippen molar-refractivity contribution < 1.29 is 57.7 Å². The lowest BCUT2D eigenvalue weighted by molar-refractivity contribution is -0.226. The molecule has 0 aliphatic heterocycles. The van der Waals surface area contributed by atoms with Gasteiger partial charge in [-0.3, -0.25) is 9.59 Å². The minimum absolute atomic E-state index is 0. The monoisotopic (exact) mass is 604 g/mol. The molecule has 0 bridgehead atoms. The molecule has 3 N–H and O–H groups in total. The maximum Gasteiger partial charge on any atom is 0.385 e. The molecule has 43 heavy (non-hydrogen) atoms. The van der Waals surface area contributed by atoms with Crippen molar-refractivity contribution in [3.05, 3.63) is 23.3 Å². The van der Waals surface area contributed by atoms with Gasteiger partial charge in [-0.2, -0.15) is 0 Å². The summed E-state index contributed by atoms with van der Waals surface area (Å²) in [5.41, 5.74) is -5.36. The Kier molecular flexibility index (Phi) is 8.14. The summed E-state index contributed by atoms with van der Waals surface area (Å²) in [4.78, 5) is 38.6. The van der Waals surface area contributed by atoms with E-state index in [4.69, 9.17) is 15.9 Å². The SMILES string of the molecule is C#CC#CC#CC#CC#CC#CC(=O)O[C@@H]1[C@@H](C)[C@@]2(O)[C@@H](C=C(CO)C[C@]3(O)C(=O)C(C)=C[C@@H]23)[C@@H]2C(C)(C)[C@]12OC(C)=O.[HH].[HH].[HH].[HH].[HH].[HH].[HH].[HH].[HH].[HH].[HH].[HH].[HH]. The van der Waals surface area contributed by atoms with Crippen molar-refractivity contribution in [3.8, 4) is 71.5 Å². The van der Waals surface area contributed by atoms with Crippen LogP contribution in [0.15, 0.2) is 23.3 Å². The number of ether oxygens (including phenoxy) is 2. The van der Waals surface area contributed by atoms with Crippen molar-refractivity contribution in [2.24, 2.45) is 29.1 Å². The van der Waals surface area contributed by atoms with E-state index < -0.39 is 76.3 Å². The molecule has 8 atom stereocenters. The Bertz CT molecular complexity index is 1760. The highest BCUT2D eigenvalue weighted by Gasteiger charge is 2.87. The Morgan fingerprint density at radius 2 is 1.63 bits per heavy atom. The van der Waals surface area contributed by atoms with Crippen LogP contribution in [0.3, 0.4) is 0 Å². The summed E-state index contributed by atoms with van der Waals surface area (Å²) in [5, 5.41) is 34.5. The lowest BCUT2D eigenvalue weighted by Crippen LogP contribution is -2.66. The third-order valence-corrected chi connectivity index (χ3v) is 9.24. The molecule has 0 aromatic rings. The molecule has 0 aromatic carbocycles. The van der Waals surface area contributed by atoms with Gasteiger partial charge in [0, 0.05) is 66.9 Å². The summed E-state index contributed by atoms with van der Waals surface area (Å²) < 4.78 is 11.8. The third-order valence-electron chi connectivity index (χ3n) is 9.24. The van der Waals surface area contributed by atoms with Gasteiger partial charge in [0.05, 0.1) is 12.2 Å². The Balaban J connectivity index is -0.000000203. The van der Waals surface area contributed by atoms with Crippen molar-refractivity contribution in [3.63, 3.8) is 0 Å². The molecule has 0 unspecified atom stereocenters. The fourth-order valence-corrected chi connectivity index (χ4v) is 7.54. The van der Waals surface area contributed by atoms with Crippen molar-refractivity contribution >= 4 is 17.7 Å². The Labute approximate surface area is 270 Å². The number of esters is 2. The van der Waals surface area contributed by atoms with E-state index in [1.807, 2.05) is 13.8 Å². The number of carbonyl (C=O) groups is 3. The van der Waals surface area contributed by atoms with E-state index in [0.29, 0.717) is 5.57 Å². The normalized spacial score (nSPS) is 35.2. The summed E-state index contributed by atoms with van der Waals surface area (Å²) in [5.74, 6) is 20.4. The first kappa shape index (κ1) is 31.3. The molecular formula is C35H56O8. The molecule has 244 valence electrons. The number of aliphatic hydroxyl groups is 3. The van der Waals surface area contributed by atoms with Gasteiger partial charge in [-0.05, 0) is 77.3 Å². The third kappa shape index (κ3) is 4.82. The van der Waals surface area contributed by atoms with Crippen molar-refractivity contribution in [1.29, 1.82) is 0 Å². The van der Waals surface area contributed by atoms with Gasteiger partial charge in [0.2, 0.25) is 0 Å². The standard InChI is InChI=1S/C35H30O8.13H2/c1-7-8-9-10-11-12-13-14-15-16-17-28(38)42-31-23(3)34(41)26(29-32(5,6)35(29,31)43-24(4)37)19-25(21-36)20-33(40)27(34)18-22(2)30(33)39;;;;;;;;;;;;;/h1,18-19,23,26-27,29,31,36,40-41H,20-21H2,2-6H3;13*1H/t23-,26+,27-,29-,31-,33-,34-,35-;;;;;;;;;;;;;/m1............./s1. The molecule has 0 spiro atoms. The van der Waals surface area contributed by atoms with Gasteiger partial charge in [0.15, 0.2) is 11.4 Å². The molecule has 4 aliphatic rings. The molecular weight excluding hydrogens is 548 g/mol. The fraction of sp³-hybridized carbons (Fsp3) is 0.457. The largest absolute Gasteiger partial charge is 0.454 e. The predicted molar refractivity (Wildman–Crippen MR) is 181 cm³/mol. The number of fused-ring (bicyclic) bond motifs is 5. The summed E-state index contributed by atoms with van der Waals surface area (Å²) in [6, 6.07) is 0. The number of ketones is 1. The zero-order valence-electron chi connectivity index (χ0n) is 24.4. The summed E-state index contributed by atoms with van der Waals surface area (Å²) >= 11 is 0. The average molecular weight is 605 g/mol. The minimum atomic E-state index is -2.01. The summed E-state index contributed by atoms with van der Waals surface area (Å²) in [6.45, 7) is 7.66. The molecule has 8 nitrogen and oxygen atoms in total. The zero-order chi connectivity index (χ0) is 31.8. The van der Waals surface area contributed by atoms with E-state index in [1.165, 1.54) is 6.92 Å². The van der Waals surface area contributed by atoms with E-state index in [0.717, 1.165) is 0 Å². The second-order valence-electron chi connectivity index (χ2n) is 11.7. The first-order chi connectivity index (χ1) is 20.2. The highest BCUT2D eigenvalue weighted by molar-refractivity contribution is 6.04. The van der Waals surface area contributed by atoms with Crippen LogP contribution in [0, 0.1) is 101 Å². The Morgan fingerprint density at radius 3 is 2.19 bits per heavy atom. The van der Waals surface area contributed by atoms with Crippen LogP contribution in [0.5, 0.6) is 0 Å². The Morgan fingerprint density at radius 1 is 1.05 bits per heavy atom. The van der Waals surface area contributed by atoms with Crippen LogP contribution in [0.2, 0.25) is 0 Å². The maximum atomic E-state index is 13.2. The zero-order valence-corrected chi connectivity index (χ0v) is 24.4. The van der Waals surface area contributed by atoms with E-state index >= 15 is 0 Å². The van der Waals surface area contributed by atoms with Crippen LogP contribution >= 0.6 is 0 Å². The highest BCUT2D eigenvalue weighted by Crippen LogP contribution is 2.77. The van der Waals surface area contributed by atoms with E-state index in [1.54, 1.807) is 26.0 Å². The van der Waals surface area contributed by atoms with Gasteiger partial charge in [-0.25, -0.2) is 4.79 Å². The van der Waals surface area contributed by atoms with Gasteiger partial charge in [-0.15, -0.1) is 6.42 Å². The number of hydrogen-bond acceptors (Lipinski definition) is 8. The van der Waals surface area contributed by atoms with Crippen LogP contribution in [0.4, 0.5) is 0 Å². The van der Waals surface area contributed by atoms with Gasteiger partial charge in [0.25, 0.3) is 0 Å². The summed E-state index contributed by atoms with van der Waals surface area (Å²) in [7, 11) is 0. The molecule has 2 saturated carbocycles. The van der Waals surface area contributed by atoms with Crippen LogP contribution < -0.4 is 0 Å². The van der Waals surface area contributed by atoms with Gasteiger partial charge < -0.3 is 24.8 Å². The van der Waals surface area contributed by atoms with E-state index in [9.17, 15) is 29.7 Å². The van der Waals surface area contributed by atoms with Crippen LogP contribution in [-0.4, -0.2) is 62.6 Å². The first-order valence-corrected chi connectivity index (χ1v) is 13.6. The number of rotatable bonds is 3. The molecule has 0 radical (unpaired) electrons. The average Bonchev–Trinajstić information content (AvgIpc) is 3.37. The number of hydrogen-bond donors (Lipinski definition) is 3. The van der Waals surface area contributed by atoms with Crippen molar-refractivity contribution in [1.82, 2.24) is 0 Å². The molecule has 0 saturated heterocycles. The molecule has 0 aromatic heterocycles. The van der Waals surface area contributed by atoms with Crippen LogP contribution in [0.25, 0.3) is 0 Å². The van der Waals surface area contributed by atoms with Crippen LogP contribution in [0.1, 0.15) is 59.6 Å². The van der Waals surface area contributed by atoms with Gasteiger partial charge in [-0.1, -0.05) is 32.9 Å². The van der Waals surface area contributed by atoms with Gasteiger partial charge >= 0.3 is 11.9 Å². The first-order valence-electron chi connectivity index (χ1n) is 13.6. The molecule has 0 amide bonds. The minimum Gasteiger partial charge on any atom is -0.454 e. The maximum absolute atomic E-state index is 13.2. The number of aliphatic hydroxyl groups excluding tert-OH is 1. The predicted octanol–water partition coefficient (Wildman–Crippen LogP) is 3.90. The number of Topliss-reactive ketones (excluding diaryl/α,β-unsaturated/α-hetero) is 1. The van der Waals surface area contributed by atoms with Gasteiger partial charge in [0.1, 0.15) is 11.7 Å². The fourth-order valence-electron chi connectivity index (χ4n) is 7.54. The van der Waals surface area contributed by atoms with E-state index in [-0.39, 0.29) is 30.5 Å². The lowest BCUT2D eigenvalue weighted by Gasteiger charge is -2.52. The molecule has 2 fully saturated rings. The lowest BCUT2D eigenvalue weighted by atomic mass is 9.59. The quantitative estimate of drug-likeness (QED) is 0.191. The smallest absolute Gasteiger partial charge is 0.385 e.